The van der Waals surface area contributed by atoms with Crippen LogP contribution in [-0.2, 0) is 6.54 Å². The maximum absolute atomic E-state index is 5.73. The van der Waals surface area contributed by atoms with E-state index >= 15 is 0 Å². The summed E-state index contributed by atoms with van der Waals surface area (Å²) in [6.45, 7) is 19.1. The van der Waals surface area contributed by atoms with Gasteiger partial charge in [-0.1, -0.05) is 0 Å². The largest absolute Gasteiger partial charge is 0.444 e. The monoisotopic (exact) mass is 548 g/mol. The number of guanidine groups is 1. The molecule has 0 spiro atoms. The average molecular weight is 549 g/mol. The zero-order chi connectivity index (χ0) is 22.1. The number of nitrogens with one attached hydrogen (secondary N) is 2. The number of hydrogen-bond donors (Lipinski definition) is 2. The topological polar surface area (TPSA) is 68.9 Å². The second-order valence-corrected chi connectivity index (χ2v) is 9.13. The summed E-state index contributed by atoms with van der Waals surface area (Å²) in [5, 5.41) is 7.00. The molecule has 1 aromatic heterocycles. The number of rotatable bonds is 10. The Balaban J connectivity index is 0.00000480. The summed E-state index contributed by atoms with van der Waals surface area (Å²) in [5.74, 6) is 3.39. The van der Waals surface area contributed by atoms with Crippen LogP contribution in [0.25, 0.3) is 0 Å². The molecule has 1 aliphatic rings. The number of aromatic nitrogens is 1. The van der Waals surface area contributed by atoms with Crippen LogP contribution in [0.3, 0.4) is 0 Å². The van der Waals surface area contributed by atoms with Crippen molar-refractivity contribution < 1.29 is 4.42 Å². The average Bonchev–Trinajstić information content (AvgIpc) is 3.01. The summed E-state index contributed by atoms with van der Waals surface area (Å²) >= 11 is 0. The molecule has 0 amide bonds. The molecule has 7 nitrogen and oxygen atoms in total. The Morgan fingerprint density at radius 1 is 1.16 bits per heavy atom. The zero-order valence-electron chi connectivity index (χ0n) is 20.7. The molecular formula is C23H45IN6O. The van der Waals surface area contributed by atoms with Gasteiger partial charge in [-0.3, -0.25) is 14.8 Å². The summed E-state index contributed by atoms with van der Waals surface area (Å²) in [5.41, 5.74) is 1.00. The Morgan fingerprint density at radius 3 is 2.32 bits per heavy atom. The lowest BCUT2D eigenvalue weighted by Crippen LogP contribution is -2.44. The Labute approximate surface area is 206 Å². The number of oxazole rings is 1. The molecule has 1 fully saturated rings. The third-order valence-electron chi connectivity index (χ3n) is 6.13. The van der Waals surface area contributed by atoms with E-state index in [9.17, 15) is 0 Å². The number of piperidine rings is 1. The molecule has 1 aliphatic heterocycles. The number of halogens is 1. The maximum Gasteiger partial charge on any atom is 0.208 e. The standard InChI is InChI=1S/C23H44N6O.HI/c1-17(2)29(18(3)4)12-8-11-25-23(24-7)26-15-21-9-13-28(14-10-21)16-22-27-19(5)20(6)30-22;/h17-18,21H,8-16H2,1-7H3,(H2,24,25,26);1H. The lowest BCUT2D eigenvalue weighted by atomic mass is 9.97. The van der Waals surface area contributed by atoms with E-state index in [-0.39, 0.29) is 24.0 Å². The van der Waals surface area contributed by atoms with Crippen molar-refractivity contribution in [2.24, 2.45) is 10.9 Å². The smallest absolute Gasteiger partial charge is 0.208 e. The summed E-state index contributed by atoms with van der Waals surface area (Å²) < 4.78 is 5.73. The van der Waals surface area contributed by atoms with Crippen LogP contribution in [0.4, 0.5) is 0 Å². The third-order valence-corrected chi connectivity index (χ3v) is 6.13. The minimum absolute atomic E-state index is 0. The van der Waals surface area contributed by atoms with Crippen LogP contribution in [-0.4, -0.2) is 72.6 Å². The predicted octanol–water partition coefficient (Wildman–Crippen LogP) is 3.80. The molecule has 0 unspecified atom stereocenters. The van der Waals surface area contributed by atoms with E-state index in [4.69, 9.17) is 4.42 Å². The Morgan fingerprint density at radius 2 is 1.81 bits per heavy atom. The molecule has 0 aromatic carbocycles. The molecule has 0 aliphatic carbocycles. The van der Waals surface area contributed by atoms with Gasteiger partial charge >= 0.3 is 0 Å². The van der Waals surface area contributed by atoms with Gasteiger partial charge in [0.05, 0.1) is 12.2 Å². The minimum Gasteiger partial charge on any atom is -0.444 e. The molecule has 1 aromatic rings. The second kappa shape index (κ2) is 14.3. The number of aliphatic imine (C=N–C) groups is 1. The van der Waals surface area contributed by atoms with Gasteiger partial charge in [0.25, 0.3) is 0 Å². The van der Waals surface area contributed by atoms with Gasteiger partial charge < -0.3 is 15.1 Å². The van der Waals surface area contributed by atoms with Gasteiger partial charge in [-0.05, 0) is 79.8 Å². The number of hydrogen-bond acceptors (Lipinski definition) is 5. The molecule has 31 heavy (non-hydrogen) atoms. The minimum atomic E-state index is 0. The molecule has 0 bridgehead atoms. The second-order valence-electron chi connectivity index (χ2n) is 9.13. The van der Waals surface area contributed by atoms with E-state index in [1.807, 2.05) is 20.9 Å². The first-order chi connectivity index (χ1) is 14.3. The van der Waals surface area contributed by atoms with Crippen molar-refractivity contribution in [2.75, 3.05) is 39.8 Å². The highest BCUT2D eigenvalue weighted by atomic mass is 127. The lowest BCUT2D eigenvalue weighted by molar-refractivity contribution is 0.164. The first-order valence-corrected chi connectivity index (χ1v) is 11.7. The van der Waals surface area contributed by atoms with E-state index < -0.39 is 0 Å². The van der Waals surface area contributed by atoms with Gasteiger partial charge in [0.15, 0.2) is 5.96 Å². The van der Waals surface area contributed by atoms with Crippen molar-refractivity contribution in [2.45, 2.75) is 79.4 Å². The molecule has 0 saturated carbocycles. The van der Waals surface area contributed by atoms with Crippen LogP contribution in [0.15, 0.2) is 9.41 Å². The van der Waals surface area contributed by atoms with Crippen molar-refractivity contribution in [3.05, 3.63) is 17.3 Å². The van der Waals surface area contributed by atoms with Gasteiger partial charge in [-0.2, -0.15) is 0 Å². The molecule has 180 valence electrons. The van der Waals surface area contributed by atoms with E-state index in [0.29, 0.717) is 18.0 Å². The lowest BCUT2D eigenvalue weighted by Gasteiger charge is -2.31. The molecule has 2 N–H and O–H groups in total. The van der Waals surface area contributed by atoms with Crippen molar-refractivity contribution in [3.63, 3.8) is 0 Å². The van der Waals surface area contributed by atoms with Crippen molar-refractivity contribution in [1.29, 1.82) is 0 Å². The van der Waals surface area contributed by atoms with Crippen molar-refractivity contribution >= 4 is 29.9 Å². The van der Waals surface area contributed by atoms with Crippen LogP contribution >= 0.6 is 24.0 Å². The quantitative estimate of drug-likeness (QED) is 0.201. The van der Waals surface area contributed by atoms with Crippen LogP contribution in [0.5, 0.6) is 0 Å². The van der Waals surface area contributed by atoms with Crippen LogP contribution in [0.2, 0.25) is 0 Å². The maximum atomic E-state index is 5.73. The number of aryl methyl sites for hydroxylation is 2. The Kier molecular flexibility index (Phi) is 13.0. The fourth-order valence-electron chi connectivity index (χ4n) is 4.19. The van der Waals surface area contributed by atoms with Crippen molar-refractivity contribution in [3.8, 4) is 0 Å². The Hall–Kier alpha value is -0.870. The van der Waals surface area contributed by atoms with Gasteiger partial charge in [-0.15, -0.1) is 24.0 Å². The van der Waals surface area contributed by atoms with E-state index in [0.717, 1.165) is 69.0 Å². The first-order valence-electron chi connectivity index (χ1n) is 11.7. The van der Waals surface area contributed by atoms with Gasteiger partial charge in [0.1, 0.15) is 5.76 Å². The normalized spacial score (nSPS) is 16.3. The highest BCUT2D eigenvalue weighted by molar-refractivity contribution is 14.0. The predicted molar refractivity (Wildman–Crippen MR) is 140 cm³/mol. The van der Waals surface area contributed by atoms with E-state index in [1.165, 1.54) is 12.8 Å². The molecular weight excluding hydrogens is 503 g/mol. The van der Waals surface area contributed by atoms with Gasteiger partial charge in [0, 0.05) is 38.8 Å². The van der Waals surface area contributed by atoms with E-state index in [1.54, 1.807) is 0 Å². The SMILES string of the molecule is CN=C(NCCCN(C(C)C)C(C)C)NCC1CCN(Cc2nc(C)c(C)o2)CC1.I. The highest BCUT2D eigenvalue weighted by Gasteiger charge is 2.21. The van der Waals surface area contributed by atoms with Crippen molar-refractivity contribution in [1.82, 2.24) is 25.4 Å². The summed E-state index contributed by atoms with van der Waals surface area (Å²) in [4.78, 5) is 13.9. The number of nitrogens with zero attached hydrogens (tertiary/aromatic N) is 4. The van der Waals surface area contributed by atoms with Gasteiger partial charge in [0.2, 0.25) is 5.89 Å². The zero-order valence-corrected chi connectivity index (χ0v) is 23.0. The molecule has 8 heteroatoms. The molecule has 2 heterocycles. The third kappa shape index (κ3) is 9.65. The summed E-state index contributed by atoms with van der Waals surface area (Å²) in [6.07, 6.45) is 3.51. The van der Waals surface area contributed by atoms with Gasteiger partial charge in [-0.25, -0.2) is 4.98 Å². The summed E-state index contributed by atoms with van der Waals surface area (Å²) in [6, 6.07) is 1.18. The fraction of sp³-hybridized carbons (Fsp3) is 0.826. The Bertz CT molecular complexity index is 625. The molecule has 2 rings (SSSR count). The number of likely N-dealkylation sites (tertiary alicyclic amines) is 1. The van der Waals surface area contributed by atoms with E-state index in [2.05, 4.69) is 58.1 Å². The molecule has 0 atom stereocenters. The molecule has 0 radical (unpaired) electrons. The van der Waals surface area contributed by atoms with Crippen LogP contribution in [0.1, 0.15) is 64.3 Å². The fourth-order valence-corrected chi connectivity index (χ4v) is 4.19. The van der Waals surface area contributed by atoms with Crippen LogP contribution in [0, 0.1) is 19.8 Å². The molecule has 1 saturated heterocycles. The van der Waals surface area contributed by atoms with Crippen LogP contribution < -0.4 is 10.6 Å². The first kappa shape index (κ1) is 28.2. The highest BCUT2D eigenvalue weighted by Crippen LogP contribution is 2.19. The summed E-state index contributed by atoms with van der Waals surface area (Å²) in [7, 11) is 1.85.